The molecule has 2 heterocycles. The number of aliphatic hydroxyl groups is 1. The van der Waals surface area contributed by atoms with Gasteiger partial charge in [0.25, 0.3) is 5.69 Å². The summed E-state index contributed by atoms with van der Waals surface area (Å²) in [7, 11) is 1.27. The van der Waals surface area contributed by atoms with Crippen LogP contribution in [-0.4, -0.2) is 59.4 Å². The maximum atomic E-state index is 12.5. The van der Waals surface area contributed by atoms with Gasteiger partial charge in [0.15, 0.2) is 17.7 Å². The molecule has 0 fully saturated rings. The van der Waals surface area contributed by atoms with Crippen molar-refractivity contribution in [3.63, 3.8) is 0 Å². The van der Waals surface area contributed by atoms with Crippen molar-refractivity contribution >= 4 is 35.7 Å². The van der Waals surface area contributed by atoms with Gasteiger partial charge in [-0.05, 0) is 87.9 Å². The number of allylic oxidation sites excluding steroid dienone is 1. The summed E-state index contributed by atoms with van der Waals surface area (Å²) in [4.78, 5) is 37.1. The number of hydrazone groups is 1. The van der Waals surface area contributed by atoms with Gasteiger partial charge in [-0.3, -0.25) is 15.5 Å². The SMILES string of the molecule is CCOc1cc([C@H]2NC(=O)NC(C)=C2C(=O)OC)ccc1OC[C@H](O)N/N=C\c1cc(C)n(-c2ccc(Sc3ccc([N+](=O)[O-])cc3)cc2)c1C. The summed E-state index contributed by atoms with van der Waals surface area (Å²) in [6.07, 6.45) is 0.475. The fourth-order valence-electron chi connectivity index (χ4n) is 5.57. The summed E-state index contributed by atoms with van der Waals surface area (Å²) < 4.78 is 18.7. The smallest absolute Gasteiger partial charge is 0.337 e. The molecule has 0 saturated carbocycles. The van der Waals surface area contributed by atoms with Crippen LogP contribution in [0.3, 0.4) is 0 Å². The molecule has 2 atom stereocenters. The number of ether oxygens (including phenoxy) is 3. The number of aromatic nitrogens is 1. The fraction of sp³-hybridized carbons (Fsp3) is 0.250. The average Bonchev–Trinajstić information content (AvgIpc) is 3.39. The molecule has 2 amide bonds. The molecule has 1 aliphatic heterocycles. The monoisotopic (exact) mass is 714 g/mol. The predicted molar refractivity (Wildman–Crippen MR) is 191 cm³/mol. The van der Waals surface area contributed by atoms with Crippen molar-refractivity contribution in [3.8, 4) is 17.2 Å². The van der Waals surface area contributed by atoms with Crippen LogP contribution in [0.2, 0.25) is 0 Å². The number of hydrogen-bond acceptors (Lipinski definition) is 11. The number of aliphatic hydroxyl groups excluding tert-OH is 1. The summed E-state index contributed by atoms with van der Waals surface area (Å²) >= 11 is 1.52. The second-order valence-corrected chi connectivity index (χ2v) is 12.6. The Morgan fingerprint density at radius 1 is 1.06 bits per heavy atom. The normalized spacial score (nSPS) is 14.9. The van der Waals surface area contributed by atoms with Crippen LogP contribution in [0.4, 0.5) is 10.5 Å². The van der Waals surface area contributed by atoms with E-state index in [2.05, 4.69) is 25.7 Å². The first kappa shape index (κ1) is 36.5. The third kappa shape index (κ3) is 8.69. The van der Waals surface area contributed by atoms with E-state index in [1.54, 1.807) is 43.5 Å². The van der Waals surface area contributed by atoms with Crippen LogP contribution in [0.25, 0.3) is 5.69 Å². The molecule has 0 bridgehead atoms. The zero-order valence-electron chi connectivity index (χ0n) is 28.6. The van der Waals surface area contributed by atoms with E-state index < -0.39 is 29.2 Å². The van der Waals surface area contributed by atoms with Crippen LogP contribution >= 0.6 is 11.8 Å². The van der Waals surface area contributed by atoms with Gasteiger partial charge >= 0.3 is 12.0 Å². The highest BCUT2D eigenvalue weighted by Gasteiger charge is 2.32. The minimum atomic E-state index is -1.15. The number of hydrogen-bond donors (Lipinski definition) is 4. The van der Waals surface area contributed by atoms with E-state index in [0.29, 0.717) is 29.4 Å². The van der Waals surface area contributed by atoms with Crippen molar-refractivity contribution in [2.75, 3.05) is 20.3 Å². The first-order valence-electron chi connectivity index (χ1n) is 15.9. The van der Waals surface area contributed by atoms with Gasteiger partial charge < -0.3 is 34.5 Å². The molecule has 0 radical (unpaired) electrons. The fourth-order valence-corrected chi connectivity index (χ4v) is 6.38. The lowest BCUT2D eigenvalue weighted by atomic mass is 9.95. The molecule has 0 aliphatic carbocycles. The second-order valence-electron chi connectivity index (χ2n) is 11.4. The number of rotatable bonds is 14. The van der Waals surface area contributed by atoms with Gasteiger partial charge in [0.2, 0.25) is 0 Å². The van der Waals surface area contributed by atoms with Crippen molar-refractivity contribution in [1.29, 1.82) is 0 Å². The molecule has 1 aliphatic rings. The highest BCUT2D eigenvalue weighted by molar-refractivity contribution is 7.99. The summed E-state index contributed by atoms with van der Waals surface area (Å²) in [5, 5.41) is 31.1. The number of nitro groups is 1. The van der Waals surface area contributed by atoms with Gasteiger partial charge in [0, 0.05) is 50.3 Å². The Labute approximate surface area is 298 Å². The quantitative estimate of drug-likeness (QED) is 0.0418. The van der Waals surface area contributed by atoms with Crippen molar-refractivity contribution in [2.45, 2.75) is 49.8 Å². The summed E-state index contributed by atoms with van der Waals surface area (Å²) in [5.74, 6) is 0.143. The third-order valence-electron chi connectivity index (χ3n) is 7.95. The number of carbonyl (C=O) groups excluding carboxylic acids is 2. The van der Waals surface area contributed by atoms with Gasteiger partial charge in [-0.2, -0.15) is 5.10 Å². The Kier molecular flexibility index (Phi) is 11.6. The van der Waals surface area contributed by atoms with Crippen LogP contribution < -0.4 is 25.5 Å². The molecule has 0 saturated heterocycles. The van der Waals surface area contributed by atoms with Crippen LogP contribution in [0.15, 0.2) is 99.0 Å². The van der Waals surface area contributed by atoms with Gasteiger partial charge in [0.1, 0.15) is 6.61 Å². The van der Waals surface area contributed by atoms with Crippen LogP contribution in [0.5, 0.6) is 11.5 Å². The molecule has 4 N–H and O–H groups in total. The second kappa shape index (κ2) is 16.3. The molecule has 5 rings (SSSR count). The zero-order valence-corrected chi connectivity index (χ0v) is 29.4. The van der Waals surface area contributed by atoms with E-state index in [1.807, 2.05) is 51.1 Å². The van der Waals surface area contributed by atoms with E-state index in [4.69, 9.17) is 14.2 Å². The maximum Gasteiger partial charge on any atom is 0.337 e. The number of non-ortho nitro benzene ring substituents is 1. The molecular weight excluding hydrogens is 676 g/mol. The first-order chi connectivity index (χ1) is 24.5. The van der Waals surface area contributed by atoms with Crippen molar-refractivity contribution < 1.29 is 33.8 Å². The molecule has 3 aromatic carbocycles. The van der Waals surface area contributed by atoms with E-state index in [0.717, 1.165) is 32.4 Å². The summed E-state index contributed by atoms with van der Waals surface area (Å²) in [5.41, 5.74) is 7.74. The number of aryl methyl sites for hydroxylation is 1. The van der Waals surface area contributed by atoms with E-state index in [-0.39, 0.29) is 17.9 Å². The number of nitro benzene ring substituents is 1. The summed E-state index contributed by atoms with van der Waals surface area (Å²) in [6.45, 7) is 7.58. The van der Waals surface area contributed by atoms with Crippen molar-refractivity contribution in [3.05, 3.63) is 117 Å². The van der Waals surface area contributed by atoms with Crippen LogP contribution in [0.1, 0.15) is 42.4 Å². The van der Waals surface area contributed by atoms with E-state index >= 15 is 0 Å². The number of esters is 1. The highest BCUT2D eigenvalue weighted by atomic mass is 32.2. The minimum Gasteiger partial charge on any atom is -0.490 e. The molecule has 0 spiro atoms. The van der Waals surface area contributed by atoms with E-state index in [1.165, 1.54) is 31.0 Å². The molecular formula is C36H38N6O8S. The Hall–Kier alpha value is -5.80. The molecule has 1 aromatic heterocycles. The lowest BCUT2D eigenvalue weighted by molar-refractivity contribution is -0.384. The Bertz CT molecular complexity index is 1970. The molecule has 15 heteroatoms. The molecule has 51 heavy (non-hydrogen) atoms. The molecule has 266 valence electrons. The number of urea groups is 1. The van der Waals surface area contributed by atoms with Gasteiger partial charge in [-0.25, -0.2) is 9.59 Å². The van der Waals surface area contributed by atoms with Crippen molar-refractivity contribution in [1.82, 2.24) is 20.6 Å². The van der Waals surface area contributed by atoms with Crippen molar-refractivity contribution in [2.24, 2.45) is 5.10 Å². The van der Waals surface area contributed by atoms with Crippen LogP contribution in [0, 0.1) is 24.0 Å². The largest absolute Gasteiger partial charge is 0.490 e. The van der Waals surface area contributed by atoms with Gasteiger partial charge in [-0.1, -0.05) is 17.8 Å². The van der Waals surface area contributed by atoms with Gasteiger partial charge in [0.05, 0.1) is 36.5 Å². The number of carbonyl (C=O) groups is 2. The Morgan fingerprint density at radius 2 is 1.75 bits per heavy atom. The zero-order chi connectivity index (χ0) is 36.7. The predicted octanol–water partition coefficient (Wildman–Crippen LogP) is 5.67. The first-order valence-corrected chi connectivity index (χ1v) is 16.7. The molecule has 14 nitrogen and oxygen atoms in total. The molecule has 4 aromatic rings. The number of benzene rings is 3. The number of nitrogens with zero attached hydrogens (tertiary/aromatic N) is 3. The highest BCUT2D eigenvalue weighted by Crippen LogP contribution is 2.35. The Morgan fingerprint density at radius 3 is 2.39 bits per heavy atom. The summed E-state index contributed by atoms with van der Waals surface area (Å²) in [6, 6.07) is 20.3. The standard InChI is InChI=1S/C36H38N6O8S/c1-6-49-31-18-24(34-33(35(44)48-5)22(3)38-36(45)39-34)7-16-30(31)50-20-32(43)40-37-19-25-17-21(2)41(23(25)4)26-8-12-28(13-9-26)51-29-14-10-27(11-15-29)42(46)47/h7-19,32,34,40,43H,6,20H2,1-5H3,(H2,38,39,45)/b37-19-/t32-,34+/m0/s1. The third-order valence-corrected chi connectivity index (χ3v) is 8.96. The minimum absolute atomic E-state index is 0.0569. The lowest BCUT2D eigenvalue weighted by Crippen LogP contribution is -2.45. The molecule has 0 unspecified atom stereocenters. The average molecular weight is 715 g/mol. The number of nitrogens with one attached hydrogen (secondary N) is 3. The topological polar surface area (TPSA) is 179 Å². The number of methoxy groups -OCH3 is 1. The van der Waals surface area contributed by atoms with E-state index in [9.17, 15) is 24.8 Å². The maximum absolute atomic E-state index is 12.5. The van der Waals surface area contributed by atoms with Crippen LogP contribution in [-0.2, 0) is 9.53 Å². The number of amides is 2. The Balaban J connectivity index is 1.20. The van der Waals surface area contributed by atoms with Gasteiger partial charge in [-0.15, -0.1) is 0 Å². The lowest BCUT2D eigenvalue weighted by Gasteiger charge is -2.28.